The van der Waals surface area contributed by atoms with E-state index in [1.807, 2.05) is 18.9 Å². The van der Waals surface area contributed by atoms with Gasteiger partial charge < -0.3 is 15.0 Å². The molecule has 1 aliphatic heterocycles. The van der Waals surface area contributed by atoms with Crippen LogP contribution in [0.25, 0.3) is 0 Å². The predicted molar refractivity (Wildman–Crippen MR) is 105 cm³/mol. The van der Waals surface area contributed by atoms with Gasteiger partial charge in [0.2, 0.25) is 0 Å². The first kappa shape index (κ1) is 19.2. The normalized spacial score (nSPS) is 18.1. The summed E-state index contributed by atoms with van der Waals surface area (Å²) < 4.78 is 28.8. The molecule has 144 valence electrons. The lowest BCUT2D eigenvalue weighted by atomic mass is 10.2. The lowest BCUT2D eigenvalue weighted by Gasteiger charge is -2.25. The molecule has 7 nitrogen and oxygen atoms in total. The summed E-state index contributed by atoms with van der Waals surface area (Å²) in [6.07, 6.45) is 2.15. The summed E-state index contributed by atoms with van der Waals surface area (Å²) in [5.74, 6) is 0.759. The largest absolute Gasteiger partial charge is 0.494 e. The minimum absolute atomic E-state index is 0.0839. The number of hydrogen-bond acceptors (Lipinski definition) is 6. The summed E-state index contributed by atoms with van der Waals surface area (Å²) in [5.41, 5.74) is 1.68. The number of sulfone groups is 1. The Balaban J connectivity index is 1.70. The van der Waals surface area contributed by atoms with Gasteiger partial charge in [-0.1, -0.05) is 0 Å². The van der Waals surface area contributed by atoms with Crippen LogP contribution in [0.5, 0.6) is 5.75 Å². The van der Waals surface area contributed by atoms with Gasteiger partial charge in [0.25, 0.3) is 5.91 Å². The van der Waals surface area contributed by atoms with Crippen molar-refractivity contribution in [1.29, 1.82) is 0 Å². The van der Waals surface area contributed by atoms with E-state index < -0.39 is 9.84 Å². The minimum Gasteiger partial charge on any atom is -0.494 e. The smallest absolute Gasteiger partial charge is 0.274 e. The van der Waals surface area contributed by atoms with Gasteiger partial charge in [-0.05, 0) is 49.7 Å². The molecule has 0 aliphatic carbocycles. The van der Waals surface area contributed by atoms with Gasteiger partial charge in [-0.3, -0.25) is 9.78 Å². The Morgan fingerprint density at radius 3 is 2.67 bits per heavy atom. The molecule has 0 radical (unpaired) electrons. The molecule has 1 atom stereocenters. The van der Waals surface area contributed by atoms with Gasteiger partial charge in [-0.15, -0.1) is 0 Å². The van der Waals surface area contributed by atoms with E-state index >= 15 is 0 Å². The maximum Gasteiger partial charge on any atom is 0.274 e. The summed E-state index contributed by atoms with van der Waals surface area (Å²) in [7, 11) is -1.13. The third-order valence-corrected chi connectivity index (χ3v) is 6.31. The number of aromatic nitrogens is 1. The highest BCUT2D eigenvalue weighted by Crippen LogP contribution is 2.23. The number of carbonyl (C=O) groups is 1. The van der Waals surface area contributed by atoms with Crippen LogP contribution < -0.4 is 15.0 Å². The molecule has 8 heteroatoms. The molecule has 0 saturated carbocycles. The number of nitrogens with zero attached hydrogens (tertiary/aromatic N) is 2. The van der Waals surface area contributed by atoms with Crippen LogP contribution in [0.2, 0.25) is 0 Å². The maximum atomic E-state index is 12.5. The van der Waals surface area contributed by atoms with E-state index in [9.17, 15) is 13.2 Å². The summed E-state index contributed by atoms with van der Waals surface area (Å²) >= 11 is 0. The van der Waals surface area contributed by atoms with Gasteiger partial charge in [-0.25, -0.2) is 8.42 Å². The quantitative estimate of drug-likeness (QED) is 0.816. The number of amides is 1. The van der Waals surface area contributed by atoms with E-state index in [0.29, 0.717) is 18.7 Å². The van der Waals surface area contributed by atoms with Gasteiger partial charge in [0.05, 0.1) is 18.1 Å². The number of anilines is 2. The topological polar surface area (TPSA) is 88.6 Å². The van der Waals surface area contributed by atoms with Crippen LogP contribution in [0.4, 0.5) is 11.4 Å². The zero-order valence-corrected chi connectivity index (χ0v) is 16.2. The van der Waals surface area contributed by atoms with Gasteiger partial charge in [0.1, 0.15) is 11.4 Å². The van der Waals surface area contributed by atoms with E-state index in [1.165, 1.54) is 0 Å². The molecule has 1 fully saturated rings. The third-order valence-electron chi connectivity index (χ3n) is 4.56. The lowest BCUT2D eigenvalue weighted by molar-refractivity contribution is 0.102. The summed E-state index contributed by atoms with van der Waals surface area (Å²) in [6, 6.07) is 10.5. The third kappa shape index (κ3) is 4.77. The Labute approximate surface area is 159 Å². The molecule has 2 heterocycles. The first-order chi connectivity index (χ1) is 12.9. The first-order valence-electron chi connectivity index (χ1n) is 8.81. The molecule has 1 amide bonds. The average Bonchev–Trinajstić information content (AvgIpc) is 3.03. The second-order valence-electron chi connectivity index (χ2n) is 6.48. The molecule has 27 heavy (non-hydrogen) atoms. The Kier molecular flexibility index (Phi) is 5.65. The highest BCUT2D eigenvalue weighted by atomic mass is 32.2. The van der Waals surface area contributed by atoms with Gasteiger partial charge in [0.15, 0.2) is 9.84 Å². The highest BCUT2D eigenvalue weighted by molar-refractivity contribution is 7.91. The summed E-state index contributed by atoms with van der Waals surface area (Å²) in [4.78, 5) is 18.5. The van der Waals surface area contributed by atoms with Crippen molar-refractivity contribution in [2.24, 2.45) is 0 Å². The fourth-order valence-corrected chi connectivity index (χ4v) is 4.83. The monoisotopic (exact) mass is 389 g/mol. The van der Waals surface area contributed by atoms with Gasteiger partial charge in [-0.2, -0.15) is 0 Å². The van der Waals surface area contributed by atoms with Crippen molar-refractivity contribution >= 4 is 27.1 Å². The molecule has 1 N–H and O–H groups in total. The van der Waals surface area contributed by atoms with E-state index in [0.717, 1.165) is 11.4 Å². The molecule has 0 spiro atoms. The predicted octanol–water partition coefficient (Wildman–Crippen LogP) is 2.36. The Morgan fingerprint density at radius 2 is 2.04 bits per heavy atom. The van der Waals surface area contributed by atoms with Crippen LogP contribution in [-0.2, 0) is 9.84 Å². The fourth-order valence-electron chi connectivity index (χ4n) is 3.05. The Bertz CT molecular complexity index is 913. The second-order valence-corrected chi connectivity index (χ2v) is 8.71. The van der Waals surface area contributed by atoms with Gasteiger partial charge in [0, 0.05) is 30.7 Å². The molecule has 1 unspecified atom stereocenters. The van der Waals surface area contributed by atoms with E-state index in [1.54, 1.807) is 42.6 Å². The second kappa shape index (κ2) is 7.96. The van der Waals surface area contributed by atoms with Crippen LogP contribution in [0.3, 0.4) is 0 Å². The van der Waals surface area contributed by atoms with Crippen LogP contribution >= 0.6 is 0 Å². The van der Waals surface area contributed by atoms with Crippen LogP contribution in [0.1, 0.15) is 23.8 Å². The molecule has 1 aromatic carbocycles. The number of carbonyl (C=O) groups excluding carboxylic acids is 1. The van der Waals surface area contributed by atoms with Crippen molar-refractivity contribution in [3.05, 3.63) is 48.3 Å². The number of ether oxygens (including phenoxy) is 1. The maximum absolute atomic E-state index is 12.5. The fraction of sp³-hybridized carbons (Fsp3) is 0.368. The zero-order chi connectivity index (χ0) is 19.4. The Hall–Kier alpha value is -2.61. The Morgan fingerprint density at radius 1 is 1.30 bits per heavy atom. The van der Waals surface area contributed by atoms with Crippen molar-refractivity contribution in [3.63, 3.8) is 0 Å². The van der Waals surface area contributed by atoms with Crippen molar-refractivity contribution in [2.75, 3.05) is 35.4 Å². The molecule has 0 bridgehead atoms. The number of rotatable bonds is 6. The highest BCUT2D eigenvalue weighted by Gasteiger charge is 2.31. The van der Waals surface area contributed by atoms with Gasteiger partial charge >= 0.3 is 0 Å². The van der Waals surface area contributed by atoms with Crippen molar-refractivity contribution in [3.8, 4) is 5.75 Å². The SMILES string of the molecule is CCOc1ccc(NC(=O)c2cc(N(C)C3CCS(=O)(=O)C3)ccn2)cc1. The molecule has 1 aromatic heterocycles. The molecule has 3 rings (SSSR count). The van der Waals surface area contributed by atoms with Crippen molar-refractivity contribution in [2.45, 2.75) is 19.4 Å². The van der Waals surface area contributed by atoms with E-state index in [2.05, 4.69) is 10.3 Å². The molecular formula is C19H23N3O4S. The number of benzene rings is 1. The number of nitrogens with one attached hydrogen (secondary N) is 1. The minimum atomic E-state index is -2.97. The molecule has 1 saturated heterocycles. The van der Waals surface area contributed by atoms with Crippen LogP contribution in [0, 0.1) is 0 Å². The average molecular weight is 389 g/mol. The van der Waals surface area contributed by atoms with Crippen molar-refractivity contribution in [1.82, 2.24) is 4.98 Å². The summed E-state index contributed by atoms with van der Waals surface area (Å²) in [6.45, 7) is 2.49. The molecule has 2 aromatic rings. The van der Waals surface area contributed by atoms with Crippen molar-refractivity contribution < 1.29 is 17.9 Å². The van der Waals surface area contributed by atoms with Crippen LogP contribution in [-0.4, -0.2) is 50.5 Å². The standard InChI is InChI=1S/C19H23N3O4S/c1-3-26-17-6-4-14(5-7-17)21-19(23)18-12-15(8-10-20-18)22(2)16-9-11-27(24,25)13-16/h4-8,10,12,16H,3,9,11,13H2,1-2H3,(H,21,23). The van der Waals surface area contributed by atoms with E-state index in [4.69, 9.17) is 4.74 Å². The summed E-state index contributed by atoms with van der Waals surface area (Å²) in [5, 5.41) is 2.80. The molecule has 1 aliphatic rings. The zero-order valence-electron chi connectivity index (χ0n) is 15.4. The molecular weight excluding hydrogens is 366 g/mol. The number of hydrogen-bond donors (Lipinski definition) is 1. The lowest BCUT2D eigenvalue weighted by Crippen LogP contribution is -2.32. The van der Waals surface area contributed by atoms with E-state index in [-0.39, 0.29) is 29.1 Å². The first-order valence-corrected chi connectivity index (χ1v) is 10.6. The number of pyridine rings is 1. The van der Waals surface area contributed by atoms with Crippen LogP contribution in [0.15, 0.2) is 42.6 Å².